The third-order valence-electron chi connectivity index (χ3n) is 2.03. The van der Waals surface area contributed by atoms with Crippen LogP contribution in [0, 0.1) is 0 Å². The number of rotatable bonds is 7. The van der Waals surface area contributed by atoms with Gasteiger partial charge in [0.15, 0.2) is 0 Å². The standard InChI is InChI=1S/C12H20N2O/c1-2-8-15-9-4-7-14-12-6-3-5-11(13)10-12/h3,5-6,10,14H,2,4,7-9,13H2,1H3. The first-order valence-corrected chi connectivity index (χ1v) is 5.50. The second-order valence-corrected chi connectivity index (χ2v) is 3.52. The summed E-state index contributed by atoms with van der Waals surface area (Å²) in [6.45, 7) is 4.72. The fraction of sp³-hybridized carbons (Fsp3) is 0.500. The zero-order valence-electron chi connectivity index (χ0n) is 9.33. The van der Waals surface area contributed by atoms with E-state index in [2.05, 4.69) is 12.2 Å². The molecule has 0 aliphatic heterocycles. The average molecular weight is 208 g/mol. The smallest absolute Gasteiger partial charge is 0.0482 e. The highest BCUT2D eigenvalue weighted by Gasteiger charge is 1.92. The lowest BCUT2D eigenvalue weighted by atomic mass is 10.3. The van der Waals surface area contributed by atoms with Crippen LogP contribution in [0.2, 0.25) is 0 Å². The number of nitrogen functional groups attached to an aromatic ring is 1. The Hall–Kier alpha value is -1.22. The van der Waals surface area contributed by atoms with Crippen LogP contribution in [0.15, 0.2) is 24.3 Å². The third-order valence-corrected chi connectivity index (χ3v) is 2.03. The molecule has 1 aromatic rings. The lowest BCUT2D eigenvalue weighted by Crippen LogP contribution is -2.06. The normalized spacial score (nSPS) is 10.2. The van der Waals surface area contributed by atoms with E-state index in [0.717, 1.165) is 44.0 Å². The van der Waals surface area contributed by atoms with Gasteiger partial charge in [-0.2, -0.15) is 0 Å². The monoisotopic (exact) mass is 208 g/mol. The van der Waals surface area contributed by atoms with E-state index in [1.807, 2.05) is 24.3 Å². The van der Waals surface area contributed by atoms with Crippen LogP contribution in [0.3, 0.4) is 0 Å². The maximum absolute atomic E-state index is 5.66. The third kappa shape index (κ3) is 5.27. The Morgan fingerprint density at radius 1 is 1.33 bits per heavy atom. The molecule has 1 aromatic carbocycles. The summed E-state index contributed by atoms with van der Waals surface area (Å²) in [6, 6.07) is 7.79. The summed E-state index contributed by atoms with van der Waals surface area (Å²) in [5.41, 5.74) is 7.53. The van der Waals surface area contributed by atoms with Gasteiger partial charge in [-0.3, -0.25) is 0 Å². The van der Waals surface area contributed by atoms with Crippen molar-refractivity contribution < 1.29 is 4.74 Å². The average Bonchev–Trinajstić information content (AvgIpc) is 2.23. The highest BCUT2D eigenvalue weighted by atomic mass is 16.5. The maximum Gasteiger partial charge on any atom is 0.0482 e. The summed E-state index contributed by atoms with van der Waals surface area (Å²) in [4.78, 5) is 0. The van der Waals surface area contributed by atoms with Gasteiger partial charge in [0.1, 0.15) is 0 Å². The van der Waals surface area contributed by atoms with Gasteiger partial charge in [0.25, 0.3) is 0 Å². The zero-order valence-corrected chi connectivity index (χ0v) is 9.33. The highest BCUT2D eigenvalue weighted by molar-refractivity contribution is 5.53. The molecular weight excluding hydrogens is 188 g/mol. The van der Waals surface area contributed by atoms with Crippen LogP contribution in [0.5, 0.6) is 0 Å². The molecule has 1 rings (SSSR count). The van der Waals surface area contributed by atoms with E-state index in [0.29, 0.717) is 0 Å². The van der Waals surface area contributed by atoms with Crippen LogP contribution in [0.1, 0.15) is 19.8 Å². The number of benzene rings is 1. The number of ether oxygens (including phenoxy) is 1. The summed E-state index contributed by atoms with van der Waals surface area (Å²) in [6.07, 6.45) is 2.11. The van der Waals surface area contributed by atoms with Gasteiger partial charge >= 0.3 is 0 Å². The highest BCUT2D eigenvalue weighted by Crippen LogP contribution is 2.11. The minimum Gasteiger partial charge on any atom is -0.399 e. The van der Waals surface area contributed by atoms with Crippen molar-refractivity contribution in [1.29, 1.82) is 0 Å². The molecule has 0 aliphatic rings. The van der Waals surface area contributed by atoms with E-state index in [-0.39, 0.29) is 0 Å². The van der Waals surface area contributed by atoms with Crippen LogP contribution < -0.4 is 11.1 Å². The maximum atomic E-state index is 5.66. The molecule has 0 aromatic heterocycles. The summed E-state index contributed by atoms with van der Waals surface area (Å²) >= 11 is 0. The van der Waals surface area contributed by atoms with E-state index in [4.69, 9.17) is 10.5 Å². The zero-order chi connectivity index (χ0) is 10.9. The van der Waals surface area contributed by atoms with Crippen molar-refractivity contribution in [2.24, 2.45) is 0 Å². The summed E-state index contributed by atoms with van der Waals surface area (Å²) in [5, 5.41) is 3.30. The van der Waals surface area contributed by atoms with Gasteiger partial charge < -0.3 is 15.8 Å². The number of nitrogens with two attached hydrogens (primary N) is 1. The van der Waals surface area contributed by atoms with Gasteiger partial charge in [0.2, 0.25) is 0 Å². The molecule has 0 saturated heterocycles. The van der Waals surface area contributed by atoms with Gasteiger partial charge in [-0.05, 0) is 31.0 Å². The van der Waals surface area contributed by atoms with E-state index in [1.54, 1.807) is 0 Å². The fourth-order valence-corrected chi connectivity index (χ4v) is 1.30. The molecule has 3 heteroatoms. The lowest BCUT2D eigenvalue weighted by Gasteiger charge is -2.07. The minimum absolute atomic E-state index is 0.794. The van der Waals surface area contributed by atoms with Crippen molar-refractivity contribution in [3.63, 3.8) is 0 Å². The Morgan fingerprint density at radius 2 is 2.20 bits per heavy atom. The molecule has 0 unspecified atom stereocenters. The predicted molar refractivity (Wildman–Crippen MR) is 65.1 cm³/mol. The molecule has 0 spiro atoms. The second-order valence-electron chi connectivity index (χ2n) is 3.52. The van der Waals surface area contributed by atoms with Gasteiger partial charge in [-0.1, -0.05) is 13.0 Å². The number of anilines is 2. The Labute approximate surface area is 91.6 Å². The molecule has 15 heavy (non-hydrogen) atoms. The van der Waals surface area contributed by atoms with Gasteiger partial charge in [-0.25, -0.2) is 0 Å². The number of nitrogens with one attached hydrogen (secondary N) is 1. The van der Waals surface area contributed by atoms with Gasteiger partial charge in [-0.15, -0.1) is 0 Å². The van der Waals surface area contributed by atoms with E-state index in [9.17, 15) is 0 Å². The SMILES string of the molecule is CCCOCCCNc1cccc(N)c1. The van der Waals surface area contributed by atoms with Crippen LogP contribution in [-0.2, 0) is 4.74 Å². The quantitative estimate of drug-likeness (QED) is 0.534. The van der Waals surface area contributed by atoms with Crippen molar-refractivity contribution >= 4 is 11.4 Å². The molecule has 3 N–H and O–H groups in total. The summed E-state index contributed by atoms with van der Waals surface area (Å²) in [7, 11) is 0. The summed E-state index contributed by atoms with van der Waals surface area (Å²) in [5.74, 6) is 0. The van der Waals surface area contributed by atoms with E-state index < -0.39 is 0 Å². The molecule has 0 heterocycles. The molecule has 0 aliphatic carbocycles. The molecule has 0 bridgehead atoms. The van der Waals surface area contributed by atoms with Gasteiger partial charge in [0, 0.05) is 31.1 Å². The molecule has 0 fully saturated rings. The Kier molecular flexibility index (Phi) is 5.63. The first kappa shape index (κ1) is 11.9. The van der Waals surface area contributed by atoms with Crippen molar-refractivity contribution in [2.75, 3.05) is 30.8 Å². The number of hydrogen-bond donors (Lipinski definition) is 2. The van der Waals surface area contributed by atoms with Crippen molar-refractivity contribution in [2.45, 2.75) is 19.8 Å². The molecule has 84 valence electrons. The van der Waals surface area contributed by atoms with Gasteiger partial charge in [0.05, 0.1) is 0 Å². The second kappa shape index (κ2) is 7.12. The van der Waals surface area contributed by atoms with Crippen molar-refractivity contribution in [3.05, 3.63) is 24.3 Å². The Balaban J connectivity index is 2.10. The van der Waals surface area contributed by atoms with Crippen LogP contribution in [0.25, 0.3) is 0 Å². The van der Waals surface area contributed by atoms with Crippen LogP contribution in [0.4, 0.5) is 11.4 Å². The first-order chi connectivity index (χ1) is 7.33. The molecule has 3 nitrogen and oxygen atoms in total. The van der Waals surface area contributed by atoms with E-state index in [1.165, 1.54) is 0 Å². The molecule has 0 amide bonds. The fourth-order valence-electron chi connectivity index (χ4n) is 1.30. The molecular formula is C12H20N2O. The van der Waals surface area contributed by atoms with Crippen LogP contribution in [-0.4, -0.2) is 19.8 Å². The molecule has 0 atom stereocenters. The molecule has 0 saturated carbocycles. The van der Waals surface area contributed by atoms with Crippen LogP contribution >= 0.6 is 0 Å². The van der Waals surface area contributed by atoms with E-state index >= 15 is 0 Å². The Bertz CT molecular complexity index is 276. The summed E-state index contributed by atoms with van der Waals surface area (Å²) < 4.78 is 5.38. The largest absolute Gasteiger partial charge is 0.399 e. The van der Waals surface area contributed by atoms with Crippen molar-refractivity contribution in [3.8, 4) is 0 Å². The predicted octanol–water partition coefficient (Wildman–Crippen LogP) is 2.50. The number of hydrogen-bond acceptors (Lipinski definition) is 3. The topological polar surface area (TPSA) is 47.3 Å². The minimum atomic E-state index is 0.794. The Morgan fingerprint density at radius 3 is 2.93 bits per heavy atom. The molecule has 0 radical (unpaired) electrons. The lowest BCUT2D eigenvalue weighted by molar-refractivity contribution is 0.134. The first-order valence-electron chi connectivity index (χ1n) is 5.50. The van der Waals surface area contributed by atoms with Crippen molar-refractivity contribution in [1.82, 2.24) is 0 Å².